The van der Waals surface area contributed by atoms with Gasteiger partial charge in [0.25, 0.3) is 5.91 Å². The van der Waals surface area contributed by atoms with Gasteiger partial charge in [0.2, 0.25) is 0 Å². The number of hydrogen-bond acceptors (Lipinski definition) is 3. The molecule has 1 fully saturated rings. The SMILES string of the molecule is O=C1NCCc2[nH]c(-c3ccnc(/C=C/c4ccccc4N4CCCC4)c3)cc21. The van der Waals surface area contributed by atoms with E-state index in [1.54, 1.807) is 0 Å². The van der Waals surface area contributed by atoms with Gasteiger partial charge in [-0.15, -0.1) is 0 Å². The predicted molar refractivity (Wildman–Crippen MR) is 117 cm³/mol. The van der Waals surface area contributed by atoms with Crippen molar-refractivity contribution in [1.29, 1.82) is 0 Å². The third-order valence-corrected chi connectivity index (χ3v) is 5.71. The van der Waals surface area contributed by atoms with E-state index in [0.717, 1.165) is 47.7 Å². The van der Waals surface area contributed by atoms with E-state index in [4.69, 9.17) is 0 Å². The number of aromatic amines is 1. The number of nitrogens with one attached hydrogen (secondary N) is 2. The maximum absolute atomic E-state index is 12.0. The largest absolute Gasteiger partial charge is 0.371 e. The van der Waals surface area contributed by atoms with Gasteiger partial charge in [-0.05, 0) is 48.7 Å². The van der Waals surface area contributed by atoms with Crippen LogP contribution >= 0.6 is 0 Å². The lowest BCUT2D eigenvalue weighted by molar-refractivity contribution is 0.0946. The average molecular weight is 384 g/mol. The number of rotatable bonds is 4. The molecule has 3 aromatic rings. The number of H-pyrrole nitrogens is 1. The zero-order valence-electron chi connectivity index (χ0n) is 16.3. The number of aromatic nitrogens is 2. The highest BCUT2D eigenvalue weighted by Gasteiger charge is 2.20. The van der Waals surface area contributed by atoms with Crippen LogP contribution in [0.25, 0.3) is 23.4 Å². The number of carbonyl (C=O) groups excluding carboxylic acids is 1. The molecule has 2 N–H and O–H groups in total. The summed E-state index contributed by atoms with van der Waals surface area (Å²) in [5, 5.41) is 2.89. The van der Waals surface area contributed by atoms with E-state index in [2.05, 4.69) is 62.7 Å². The van der Waals surface area contributed by atoms with Crippen LogP contribution in [0.1, 0.15) is 40.2 Å². The molecule has 0 aliphatic carbocycles. The van der Waals surface area contributed by atoms with E-state index in [9.17, 15) is 4.79 Å². The van der Waals surface area contributed by atoms with E-state index in [1.807, 2.05) is 18.3 Å². The summed E-state index contributed by atoms with van der Waals surface area (Å²) in [7, 11) is 0. The quantitative estimate of drug-likeness (QED) is 0.711. The molecule has 1 amide bonds. The number of anilines is 1. The molecule has 2 aliphatic heterocycles. The molecule has 0 radical (unpaired) electrons. The van der Waals surface area contributed by atoms with E-state index in [0.29, 0.717) is 6.54 Å². The number of carbonyl (C=O) groups is 1. The summed E-state index contributed by atoms with van der Waals surface area (Å²) < 4.78 is 0. The summed E-state index contributed by atoms with van der Waals surface area (Å²) in [5.74, 6) is 0.00134. The molecule has 0 atom stereocenters. The summed E-state index contributed by atoms with van der Waals surface area (Å²) in [6.45, 7) is 2.94. The predicted octanol–water partition coefficient (Wildman–Crippen LogP) is 4.13. The van der Waals surface area contributed by atoms with Crippen LogP contribution < -0.4 is 10.2 Å². The molecule has 5 rings (SSSR count). The van der Waals surface area contributed by atoms with Gasteiger partial charge in [-0.2, -0.15) is 0 Å². The third kappa shape index (κ3) is 3.56. The van der Waals surface area contributed by atoms with Crippen LogP contribution in [0.15, 0.2) is 48.7 Å². The fraction of sp³-hybridized carbons (Fsp3) is 0.250. The van der Waals surface area contributed by atoms with Crippen LogP contribution in [0.3, 0.4) is 0 Å². The first-order valence-electron chi connectivity index (χ1n) is 10.3. The van der Waals surface area contributed by atoms with Crippen molar-refractivity contribution >= 4 is 23.7 Å². The lowest BCUT2D eigenvalue weighted by Gasteiger charge is -2.19. The van der Waals surface area contributed by atoms with Crippen molar-refractivity contribution < 1.29 is 4.79 Å². The second-order valence-corrected chi connectivity index (χ2v) is 7.64. The molecule has 5 heteroatoms. The molecule has 0 unspecified atom stereocenters. The van der Waals surface area contributed by atoms with Crippen molar-refractivity contribution in [2.45, 2.75) is 19.3 Å². The minimum absolute atomic E-state index is 0.00134. The molecule has 1 aromatic carbocycles. The molecule has 0 bridgehead atoms. The molecule has 29 heavy (non-hydrogen) atoms. The third-order valence-electron chi connectivity index (χ3n) is 5.71. The summed E-state index contributed by atoms with van der Waals surface area (Å²) in [5.41, 5.74) is 7.16. The zero-order valence-corrected chi connectivity index (χ0v) is 16.3. The van der Waals surface area contributed by atoms with Gasteiger partial charge in [-0.25, -0.2) is 0 Å². The molecule has 2 aromatic heterocycles. The van der Waals surface area contributed by atoms with Crippen molar-refractivity contribution in [3.8, 4) is 11.3 Å². The van der Waals surface area contributed by atoms with Gasteiger partial charge in [-0.3, -0.25) is 9.78 Å². The number of pyridine rings is 1. The first-order valence-corrected chi connectivity index (χ1v) is 10.3. The van der Waals surface area contributed by atoms with Crippen LogP contribution in [0.2, 0.25) is 0 Å². The Morgan fingerprint density at radius 3 is 2.76 bits per heavy atom. The number of hydrogen-bond donors (Lipinski definition) is 2. The van der Waals surface area contributed by atoms with E-state index in [-0.39, 0.29) is 5.91 Å². The topological polar surface area (TPSA) is 61.0 Å². The highest BCUT2D eigenvalue weighted by molar-refractivity contribution is 5.97. The van der Waals surface area contributed by atoms with E-state index >= 15 is 0 Å². The Balaban J connectivity index is 1.42. The Kier molecular flexibility index (Phi) is 4.64. The number of amides is 1. The van der Waals surface area contributed by atoms with Crippen LogP contribution in [0.5, 0.6) is 0 Å². The monoisotopic (exact) mass is 384 g/mol. The maximum Gasteiger partial charge on any atom is 0.253 e. The fourth-order valence-electron chi connectivity index (χ4n) is 4.21. The Labute approximate surface area is 170 Å². The molecule has 146 valence electrons. The summed E-state index contributed by atoms with van der Waals surface area (Å²) in [6, 6.07) is 14.5. The van der Waals surface area contributed by atoms with Gasteiger partial charge < -0.3 is 15.2 Å². The van der Waals surface area contributed by atoms with Crippen molar-refractivity contribution in [3.63, 3.8) is 0 Å². The first kappa shape index (κ1) is 17.7. The molecular formula is C24H24N4O. The Bertz CT molecular complexity index is 1080. The van der Waals surface area contributed by atoms with Crippen molar-refractivity contribution in [2.75, 3.05) is 24.5 Å². The molecule has 5 nitrogen and oxygen atoms in total. The molecule has 1 saturated heterocycles. The minimum atomic E-state index is 0.00134. The summed E-state index contributed by atoms with van der Waals surface area (Å²) in [6.07, 6.45) is 9.40. The number of nitrogens with zero attached hydrogens (tertiary/aromatic N) is 2. The first-order chi connectivity index (χ1) is 14.3. The molecule has 0 spiro atoms. The van der Waals surface area contributed by atoms with Crippen molar-refractivity contribution in [1.82, 2.24) is 15.3 Å². The number of benzene rings is 1. The van der Waals surface area contributed by atoms with Gasteiger partial charge in [0.05, 0.1) is 11.3 Å². The molecule has 2 aliphatic rings. The lowest BCUT2D eigenvalue weighted by atomic mass is 10.1. The average Bonchev–Trinajstić information content (AvgIpc) is 3.43. The van der Waals surface area contributed by atoms with Gasteiger partial charge >= 0.3 is 0 Å². The van der Waals surface area contributed by atoms with Crippen LogP contribution in [-0.4, -0.2) is 35.5 Å². The van der Waals surface area contributed by atoms with Crippen molar-refractivity contribution in [3.05, 3.63) is 71.2 Å². The van der Waals surface area contributed by atoms with Gasteiger partial charge in [-0.1, -0.05) is 24.3 Å². The number of para-hydroxylation sites is 1. The van der Waals surface area contributed by atoms with Gasteiger partial charge in [0.1, 0.15) is 0 Å². The molecule has 4 heterocycles. The highest BCUT2D eigenvalue weighted by Crippen LogP contribution is 2.27. The summed E-state index contributed by atoms with van der Waals surface area (Å²) in [4.78, 5) is 22.4. The minimum Gasteiger partial charge on any atom is -0.371 e. The molecular weight excluding hydrogens is 360 g/mol. The van der Waals surface area contributed by atoms with E-state index in [1.165, 1.54) is 24.1 Å². The maximum atomic E-state index is 12.0. The number of fused-ring (bicyclic) bond motifs is 1. The standard InChI is InChI=1S/C24H24N4O/c29-24-20-16-22(27-21(20)10-12-26-24)18-9-11-25-19(15-18)8-7-17-5-1-2-6-23(17)28-13-3-4-14-28/h1-2,5-9,11,15-16,27H,3-4,10,12-14H2,(H,26,29)/b8-7+. The van der Waals surface area contributed by atoms with Gasteiger partial charge in [0.15, 0.2) is 0 Å². The zero-order chi connectivity index (χ0) is 19.6. The second-order valence-electron chi connectivity index (χ2n) is 7.64. The summed E-state index contributed by atoms with van der Waals surface area (Å²) >= 11 is 0. The lowest BCUT2D eigenvalue weighted by Crippen LogP contribution is -2.31. The van der Waals surface area contributed by atoms with Crippen LogP contribution in [0, 0.1) is 0 Å². The Morgan fingerprint density at radius 2 is 1.90 bits per heavy atom. The second kappa shape index (κ2) is 7.59. The Hall–Kier alpha value is -3.34. The van der Waals surface area contributed by atoms with Gasteiger partial charge in [0, 0.05) is 54.9 Å². The fourth-order valence-corrected chi connectivity index (χ4v) is 4.21. The smallest absolute Gasteiger partial charge is 0.253 e. The molecule has 0 saturated carbocycles. The van der Waals surface area contributed by atoms with Crippen LogP contribution in [-0.2, 0) is 6.42 Å². The normalized spacial score (nSPS) is 16.3. The Morgan fingerprint density at radius 1 is 1.03 bits per heavy atom. The van der Waals surface area contributed by atoms with Crippen LogP contribution in [0.4, 0.5) is 5.69 Å². The van der Waals surface area contributed by atoms with E-state index < -0.39 is 0 Å². The highest BCUT2D eigenvalue weighted by atomic mass is 16.1. The van der Waals surface area contributed by atoms with Crippen molar-refractivity contribution in [2.24, 2.45) is 0 Å².